The summed E-state index contributed by atoms with van der Waals surface area (Å²) in [5.74, 6) is -0.264. The molecule has 1 heterocycles. The van der Waals surface area contributed by atoms with Crippen molar-refractivity contribution in [1.82, 2.24) is 4.90 Å². The van der Waals surface area contributed by atoms with Crippen molar-refractivity contribution < 1.29 is 14.7 Å². The Morgan fingerprint density at radius 1 is 1.27 bits per heavy atom. The van der Waals surface area contributed by atoms with Gasteiger partial charge in [0.2, 0.25) is 5.91 Å². The molecule has 144 valence electrons. The molecule has 1 aromatic rings. The summed E-state index contributed by atoms with van der Waals surface area (Å²) in [5.41, 5.74) is 1.31. The van der Waals surface area contributed by atoms with Gasteiger partial charge in [-0.25, -0.2) is 0 Å². The summed E-state index contributed by atoms with van der Waals surface area (Å²) in [6.07, 6.45) is 2.66. The Balaban J connectivity index is 0.00000243. The number of hydrogen-bond donors (Lipinski definition) is 2. The second-order valence-corrected chi connectivity index (χ2v) is 7.89. The number of nitrogens with one attached hydrogen (secondary N) is 1. The van der Waals surface area contributed by atoms with Crippen molar-refractivity contribution in [3.8, 4) is 0 Å². The Kier molecular flexibility index (Phi) is 6.35. The molecule has 26 heavy (non-hydrogen) atoms. The topological polar surface area (TPSA) is 69.6 Å². The molecule has 1 saturated carbocycles. The molecular formula is C20H29ClN2O3. The minimum atomic E-state index is -0.699. The molecule has 0 aromatic heterocycles. The lowest BCUT2D eigenvalue weighted by Crippen LogP contribution is -2.43. The third kappa shape index (κ3) is 3.60. The molecule has 6 heteroatoms. The molecule has 1 aliphatic heterocycles. The van der Waals surface area contributed by atoms with Crippen LogP contribution in [0.5, 0.6) is 0 Å². The number of likely N-dealkylation sites (tertiary alicyclic amines) is 1. The molecule has 1 aromatic carbocycles. The number of carboxylic acid groups (broad SMARTS) is 1. The lowest BCUT2D eigenvalue weighted by Gasteiger charge is -2.27. The predicted octanol–water partition coefficient (Wildman–Crippen LogP) is 3.75. The van der Waals surface area contributed by atoms with Crippen LogP contribution in [0.15, 0.2) is 24.3 Å². The average Bonchev–Trinajstić information content (AvgIpc) is 3.12. The number of rotatable bonds is 5. The monoisotopic (exact) mass is 380 g/mol. The number of nitrogens with zero attached hydrogens (tertiary/aromatic N) is 1. The largest absolute Gasteiger partial charge is 0.481 e. The van der Waals surface area contributed by atoms with Crippen LogP contribution < -0.4 is 5.32 Å². The number of benzene rings is 1. The zero-order valence-corrected chi connectivity index (χ0v) is 16.5. The minimum Gasteiger partial charge on any atom is -0.481 e. The van der Waals surface area contributed by atoms with Gasteiger partial charge in [0.1, 0.15) is 0 Å². The van der Waals surface area contributed by atoms with Crippen molar-refractivity contribution >= 4 is 30.0 Å². The van der Waals surface area contributed by atoms with E-state index >= 15 is 0 Å². The molecule has 1 unspecified atom stereocenters. The summed E-state index contributed by atoms with van der Waals surface area (Å²) in [5, 5.41) is 12.8. The second-order valence-electron chi connectivity index (χ2n) is 7.89. The maximum atomic E-state index is 12.8. The van der Waals surface area contributed by atoms with Gasteiger partial charge in [-0.2, -0.15) is 0 Å². The summed E-state index contributed by atoms with van der Waals surface area (Å²) in [6, 6.07) is 7.53. The van der Waals surface area contributed by atoms with Gasteiger partial charge in [0.05, 0.1) is 11.5 Å². The number of aliphatic carboxylic acids is 1. The number of carboxylic acids is 1. The van der Waals surface area contributed by atoms with E-state index in [0.29, 0.717) is 19.0 Å². The lowest BCUT2D eigenvalue weighted by atomic mass is 9.81. The highest BCUT2D eigenvalue weighted by Gasteiger charge is 2.55. The van der Waals surface area contributed by atoms with Gasteiger partial charge in [0, 0.05) is 18.8 Å². The smallest absolute Gasteiger partial charge is 0.311 e. The van der Waals surface area contributed by atoms with Crippen molar-refractivity contribution in [2.24, 2.45) is 11.3 Å². The van der Waals surface area contributed by atoms with Gasteiger partial charge in [0.15, 0.2) is 0 Å². The summed E-state index contributed by atoms with van der Waals surface area (Å²) in [6.45, 7) is 7.27. The first-order valence-electron chi connectivity index (χ1n) is 9.22. The van der Waals surface area contributed by atoms with E-state index in [9.17, 15) is 14.7 Å². The highest BCUT2D eigenvalue weighted by atomic mass is 35.5. The fourth-order valence-electron chi connectivity index (χ4n) is 4.49. The molecule has 1 aliphatic carbocycles. The molecule has 5 nitrogen and oxygen atoms in total. The van der Waals surface area contributed by atoms with Gasteiger partial charge < -0.3 is 10.4 Å². The standard InChI is InChI=1S/C20H28N2O3.ClH/c1-13(2)16-8-4-5-9-17(16)21-18(23)14(3)22-11-15-7-6-10-20(15,12-22)19(24)25;/h4-5,8-9,13-15H,6-7,10-12H2,1-3H3,(H,21,23)(H,24,25);1H/t14?,15-,20+;/m0./s1. The highest BCUT2D eigenvalue weighted by molar-refractivity contribution is 5.95. The van der Waals surface area contributed by atoms with E-state index in [0.717, 1.165) is 30.5 Å². The quantitative estimate of drug-likeness (QED) is 0.816. The third-order valence-electron chi connectivity index (χ3n) is 6.09. The summed E-state index contributed by atoms with van der Waals surface area (Å²) in [4.78, 5) is 26.6. The van der Waals surface area contributed by atoms with Crippen molar-refractivity contribution in [2.45, 2.75) is 52.0 Å². The zero-order valence-electron chi connectivity index (χ0n) is 15.7. The van der Waals surface area contributed by atoms with Crippen molar-refractivity contribution in [2.75, 3.05) is 18.4 Å². The summed E-state index contributed by atoms with van der Waals surface area (Å²) >= 11 is 0. The van der Waals surface area contributed by atoms with Crippen LogP contribution >= 0.6 is 12.4 Å². The van der Waals surface area contributed by atoms with Crippen LogP contribution in [-0.4, -0.2) is 41.0 Å². The van der Waals surface area contributed by atoms with E-state index in [2.05, 4.69) is 19.2 Å². The van der Waals surface area contributed by atoms with Crippen LogP contribution in [0, 0.1) is 11.3 Å². The molecular weight excluding hydrogens is 352 g/mol. The molecule has 2 aliphatic rings. The van der Waals surface area contributed by atoms with E-state index in [1.807, 2.05) is 36.1 Å². The molecule has 0 radical (unpaired) electrons. The Labute approximate surface area is 161 Å². The normalized spacial score (nSPS) is 26.2. The minimum absolute atomic E-state index is 0. The SMILES string of the molecule is CC(C)c1ccccc1NC(=O)C(C)N1C[C@@H]2CCC[C@@]2(C(=O)O)C1.Cl. The van der Waals surface area contributed by atoms with Crippen molar-refractivity contribution in [3.05, 3.63) is 29.8 Å². The second kappa shape index (κ2) is 7.97. The van der Waals surface area contributed by atoms with E-state index in [4.69, 9.17) is 0 Å². The fraction of sp³-hybridized carbons (Fsp3) is 0.600. The summed E-state index contributed by atoms with van der Waals surface area (Å²) in [7, 11) is 0. The van der Waals surface area contributed by atoms with Crippen LogP contribution in [0.3, 0.4) is 0 Å². The molecule has 0 spiro atoms. The maximum absolute atomic E-state index is 12.8. The number of halogens is 1. The Morgan fingerprint density at radius 2 is 1.96 bits per heavy atom. The molecule has 1 saturated heterocycles. The van der Waals surface area contributed by atoms with Gasteiger partial charge in [0.25, 0.3) is 0 Å². The number of para-hydroxylation sites is 1. The molecule has 1 amide bonds. The summed E-state index contributed by atoms with van der Waals surface area (Å²) < 4.78 is 0. The molecule has 3 atom stereocenters. The van der Waals surface area contributed by atoms with Crippen LogP contribution in [-0.2, 0) is 9.59 Å². The van der Waals surface area contributed by atoms with E-state index < -0.39 is 11.4 Å². The number of fused-ring (bicyclic) bond motifs is 1. The predicted molar refractivity (Wildman–Crippen MR) is 105 cm³/mol. The first-order valence-corrected chi connectivity index (χ1v) is 9.22. The number of carbonyl (C=O) groups excluding carboxylic acids is 1. The van der Waals surface area contributed by atoms with Gasteiger partial charge >= 0.3 is 5.97 Å². The first-order chi connectivity index (χ1) is 11.8. The van der Waals surface area contributed by atoms with Crippen molar-refractivity contribution in [1.29, 1.82) is 0 Å². The number of amides is 1. The van der Waals surface area contributed by atoms with Crippen LogP contribution in [0.1, 0.15) is 51.5 Å². The molecule has 2 N–H and O–H groups in total. The van der Waals surface area contributed by atoms with Crippen molar-refractivity contribution in [3.63, 3.8) is 0 Å². The number of hydrogen-bond acceptors (Lipinski definition) is 3. The van der Waals surface area contributed by atoms with Gasteiger partial charge in [-0.3, -0.25) is 14.5 Å². The first kappa shape index (κ1) is 20.7. The Bertz CT molecular complexity index is 679. The third-order valence-corrected chi connectivity index (χ3v) is 6.09. The molecule has 2 fully saturated rings. The molecule has 3 rings (SSSR count). The fourth-order valence-corrected chi connectivity index (χ4v) is 4.49. The van der Waals surface area contributed by atoms with Crippen LogP contribution in [0.4, 0.5) is 5.69 Å². The Morgan fingerprint density at radius 3 is 2.58 bits per heavy atom. The van der Waals surface area contributed by atoms with E-state index in [1.165, 1.54) is 0 Å². The van der Waals surface area contributed by atoms with Crippen LogP contribution in [0.2, 0.25) is 0 Å². The van der Waals surface area contributed by atoms with E-state index in [1.54, 1.807) is 0 Å². The number of carbonyl (C=O) groups is 2. The zero-order chi connectivity index (χ0) is 18.2. The lowest BCUT2D eigenvalue weighted by molar-refractivity contribution is -0.149. The van der Waals surface area contributed by atoms with Gasteiger partial charge in [-0.1, -0.05) is 38.5 Å². The van der Waals surface area contributed by atoms with E-state index in [-0.39, 0.29) is 30.3 Å². The number of anilines is 1. The van der Waals surface area contributed by atoms with Crippen LogP contribution in [0.25, 0.3) is 0 Å². The van der Waals surface area contributed by atoms with Gasteiger partial charge in [-0.05, 0) is 43.2 Å². The Hall–Kier alpha value is -1.59. The average molecular weight is 381 g/mol. The maximum Gasteiger partial charge on any atom is 0.311 e. The van der Waals surface area contributed by atoms with Gasteiger partial charge in [-0.15, -0.1) is 12.4 Å². The highest BCUT2D eigenvalue weighted by Crippen LogP contribution is 2.49. The molecule has 0 bridgehead atoms.